The van der Waals surface area contributed by atoms with Crippen molar-refractivity contribution in [2.24, 2.45) is 0 Å². The molecular formula is C25H28N2O3S. The van der Waals surface area contributed by atoms with E-state index in [1.54, 1.807) is 31.2 Å². The molecule has 3 rings (SSSR count). The van der Waals surface area contributed by atoms with E-state index >= 15 is 0 Å². The van der Waals surface area contributed by atoms with Crippen molar-refractivity contribution in [2.75, 3.05) is 4.72 Å². The molecule has 0 saturated carbocycles. The number of carbonyl (C=O) groups excluding carboxylic acids is 1. The second kappa shape index (κ2) is 8.94. The van der Waals surface area contributed by atoms with Gasteiger partial charge in [0.2, 0.25) is 0 Å². The molecule has 0 aliphatic heterocycles. The summed E-state index contributed by atoms with van der Waals surface area (Å²) in [4.78, 5) is 13.0. The predicted octanol–water partition coefficient (Wildman–Crippen LogP) is 4.86. The first kappa shape index (κ1) is 22.6. The van der Waals surface area contributed by atoms with Gasteiger partial charge in [0.25, 0.3) is 15.9 Å². The summed E-state index contributed by atoms with van der Waals surface area (Å²) < 4.78 is 28.5. The molecule has 0 unspecified atom stereocenters. The third-order valence-corrected chi connectivity index (χ3v) is 6.51. The van der Waals surface area contributed by atoms with Crippen molar-refractivity contribution in [1.82, 2.24) is 5.32 Å². The van der Waals surface area contributed by atoms with Crippen LogP contribution in [0.4, 0.5) is 5.69 Å². The molecule has 3 aromatic carbocycles. The molecule has 0 fully saturated rings. The average Bonchev–Trinajstić information content (AvgIpc) is 2.69. The summed E-state index contributed by atoms with van der Waals surface area (Å²) in [5, 5.41) is 3.02. The van der Waals surface area contributed by atoms with Crippen LogP contribution in [-0.2, 0) is 16.4 Å². The van der Waals surface area contributed by atoms with Crippen molar-refractivity contribution in [1.29, 1.82) is 0 Å². The zero-order chi connectivity index (χ0) is 22.6. The normalized spacial score (nSPS) is 11.7. The number of rotatable bonds is 7. The first-order valence-corrected chi connectivity index (χ1v) is 11.6. The SMILES string of the molecule is Cc1ccc(NS(=O)(=O)c2cc(C(=O)NC(C)(C)Cc3ccccc3)ccc2C)cc1. The minimum absolute atomic E-state index is 0.0848. The summed E-state index contributed by atoms with van der Waals surface area (Å²) in [6, 6.07) is 21.7. The molecule has 0 bridgehead atoms. The summed E-state index contributed by atoms with van der Waals surface area (Å²) in [6.45, 7) is 7.54. The fourth-order valence-electron chi connectivity index (χ4n) is 3.39. The van der Waals surface area contributed by atoms with E-state index in [1.165, 1.54) is 6.07 Å². The predicted molar refractivity (Wildman–Crippen MR) is 125 cm³/mol. The minimum atomic E-state index is -3.84. The van der Waals surface area contributed by atoms with Crippen LogP contribution in [0.3, 0.4) is 0 Å². The van der Waals surface area contributed by atoms with Crippen LogP contribution in [0.25, 0.3) is 0 Å². The molecule has 6 heteroatoms. The van der Waals surface area contributed by atoms with Gasteiger partial charge < -0.3 is 5.32 Å². The van der Waals surface area contributed by atoms with Crippen molar-refractivity contribution < 1.29 is 13.2 Å². The maximum atomic E-state index is 13.0. The monoisotopic (exact) mass is 436 g/mol. The quantitative estimate of drug-likeness (QED) is 0.556. The summed E-state index contributed by atoms with van der Waals surface area (Å²) >= 11 is 0. The van der Waals surface area contributed by atoms with E-state index in [2.05, 4.69) is 10.0 Å². The van der Waals surface area contributed by atoms with Gasteiger partial charge in [-0.1, -0.05) is 54.1 Å². The number of anilines is 1. The van der Waals surface area contributed by atoms with Crippen molar-refractivity contribution >= 4 is 21.6 Å². The molecular weight excluding hydrogens is 408 g/mol. The topological polar surface area (TPSA) is 75.3 Å². The van der Waals surface area contributed by atoms with E-state index in [-0.39, 0.29) is 10.8 Å². The maximum Gasteiger partial charge on any atom is 0.262 e. The van der Waals surface area contributed by atoms with Gasteiger partial charge in [0.15, 0.2) is 0 Å². The van der Waals surface area contributed by atoms with Crippen LogP contribution >= 0.6 is 0 Å². The maximum absolute atomic E-state index is 13.0. The Balaban J connectivity index is 1.81. The first-order valence-electron chi connectivity index (χ1n) is 10.1. The molecule has 0 aliphatic rings. The molecule has 31 heavy (non-hydrogen) atoms. The van der Waals surface area contributed by atoms with Gasteiger partial charge in [-0.05, 0) is 69.5 Å². The second-order valence-electron chi connectivity index (χ2n) is 8.45. The van der Waals surface area contributed by atoms with Crippen LogP contribution in [0, 0.1) is 13.8 Å². The van der Waals surface area contributed by atoms with Gasteiger partial charge in [0.1, 0.15) is 0 Å². The van der Waals surface area contributed by atoms with Crippen molar-refractivity contribution in [3.63, 3.8) is 0 Å². The summed E-state index contributed by atoms with van der Waals surface area (Å²) in [5.74, 6) is -0.312. The lowest BCUT2D eigenvalue weighted by Gasteiger charge is -2.26. The van der Waals surface area contributed by atoms with Crippen molar-refractivity contribution in [3.05, 3.63) is 95.1 Å². The van der Waals surface area contributed by atoms with Gasteiger partial charge in [-0.15, -0.1) is 0 Å². The fraction of sp³-hybridized carbons (Fsp3) is 0.240. The van der Waals surface area contributed by atoms with Crippen molar-refractivity contribution in [2.45, 2.75) is 44.6 Å². The van der Waals surface area contributed by atoms with E-state index in [4.69, 9.17) is 0 Å². The third kappa shape index (κ3) is 5.95. The smallest absolute Gasteiger partial charge is 0.262 e. The Morgan fingerprint density at radius 2 is 1.55 bits per heavy atom. The number of hydrogen-bond acceptors (Lipinski definition) is 3. The summed E-state index contributed by atoms with van der Waals surface area (Å²) in [6.07, 6.45) is 0.658. The molecule has 3 aromatic rings. The van der Waals surface area contributed by atoms with Crippen LogP contribution in [0.2, 0.25) is 0 Å². The Hall–Kier alpha value is -3.12. The number of nitrogens with one attached hydrogen (secondary N) is 2. The zero-order valence-electron chi connectivity index (χ0n) is 18.3. The van der Waals surface area contributed by atoms with Crippen LogP contribution < -0.4 is 10.0 Å². The lowest BCUT2D eigenvalue weighted by atomic mass is 9.94. The van der Waals surface area contributed by atoms with Gasteiger partial charge in [-0.2, -0.15) is 0 Å². The summed E-state index contributed by atoms with van der Waals surface area (Å²) in [7, 11) is -3.84. The highest BCUT2D eigenvalue weighted by molar-refractivity contribution is 7.92. The Labute approximate surface area is 184 Å². The molecule has 0 radical (unpaired) electrons. The van der Waals surface area contributed by atoms with Crippen LogP contribution in [0.5, 0.6) is 0 Å². The average molecular weight is 437 g/mol. The molecule has 0 heterocycles. The van der Waals surface area contributed by atoms with E-state index in [0.29, 0.717) is 23.2 Å². The number of aryl methyl sites for hydroxylation is 2. The molecule has 0 aliphatic carbocycles. The number of amides is 1. The highest BCUT2D eigenvalue weighted by atomic mass is 32.2. The fourth-order valence-corrected chi connectivity index (χ4v) is 4.72. The Morgan fingerprint density at radius 1 is 0.903 bits per heavy atom. The van der Waals surface area contributed by atoms with Gasteiger partial charge in [0.05, 0.1) is 4.90 Å². The zero-order valence-corrected chi connectivity index (χ0v) is 19.1. The largest absolute Gasteiger partial charge is 0.347 e. The number of benzene rings is 3. The summed E-state index contributed by atoms with van der Waals surface area (Å²) in [5.41, 5.74) is 3.00. The first-order chi connectivity index (χ1) is 14.6. The van der Waals surface area contributed by atoms with Gasteiger partial charge in [0, 0.05) is 16.8 Å². The lowest BCUT2D eigenvalue weighted by molar-refractivity contribution is 0.0913. The minimum Gasteiger partial charge on any atom is -0.347 e. The highest BCUT2D eigenvalue weighted by Gasteiger charge is 2.24. The van der Waals surface area contributed by atoms with Crippen LogP contribution in [0.1, 0.15) is 40.9 Å². The van der Waals surface area contributed by atoms with Crippen LogP contribution in [0.15, 0.2) is 77.7 Å². The van der Waals surface area contributed by atoms with E-state index in [1.807, 2.05) is 63.2 Å². The Morgan fingerprint density at radius 3 is 2.19 bits per heavy atom. The van der Waals surface area contributed by atoms with Crippen LogP contribution in [-0.4, -0.2) is 19.9 Å². The Kier molecular flexibility index (Phi) is 6.51. The molecule has 162 valence electrons. The van der Waals surface area contributed by atoms with E-state index < -0.39 is 15.6 Å². The highest BCUT2D eigenvalue weighted by Crippen LogP contribution is 2.22. The van der Waals surface area contributed by atoms with Crippen molar-refractivity contribution in [3.8, 4) is 0 Å². The molecule has 2 N–H and O–H groups in total. The van der Waals surface area contributed by atoms with Gasteiger partial charge in [-0.25, -0.2) is 8.42 Å². The number of hydrogen-bond donors (Lipinski definition) is 2. The Bertz CT molecular complexity index is 1170. The molecule has 5 nitrogen and oxygen atoms in total. The standard InChI is InChI=1S/C25H28N2O3S/c1-18-10-14-22(15-11-18)27-31(29,30)23-16-21(13-12-19(23)2)24(28)26-25(3,4)17-20-8-6-5-7-9-20/h5-16,27H,17H2,1-4H3,(H,26,28). The van der Waals surface area contributed by atoms with E-state index in [9.17, 15) is 13.2 Å². The van der Waals surface area contributed by atoms with Gasteiger partial charge >= 0.3 is 0 Å². The number of sulfonamides is 1. The molecule has 0 atom stereocenters. The van der Waals surface area contributed by atoms with Gasteiger partial charge in [-0.3, -0.25) is 9.52 Å². The molecule has 0 aromatic heterocycles. The second-order valence-corrected chi connectivity index (χ2v) is 10.1. The third-order valence-electron chi connectivity index (χ3n) is 4.98. The molecule has 0 spiro atoms. The molecule has 1 amide bonds. The molecule has 0 saturated heterocycles. The lowest BCUT2D eigenvalue weighted by Crippen LogP contribution is -2.45. The van der Waals surface area contributed by atoms with E-state index in [0.717, 1.165) is 11.1 Å². The number of carbonyl (C=O) groups is 1.